The fourth-order valence-corrected chi connectivity index (χ4v) is 4.39. The lowest BCUT2D eigenvalue weighted by atomic mass is 9.81. The first-order valence-electron chi connectivity index (χ1n) is 11.3. The Balaban J connectivity index is 1.90. The van der Waals surface area contributed by atoms with Crippen molar-refractivity contribution < 1.29 is 9.53 Å². The Morgan fingerprint density at radius 1 is 0.812 bits per heavy atom. The summed E-state index contributed by atoms with van der Waals surface area (Å²) < 4.78 is 8.12. The van der Waals surface area contributed by atoms with Gasteiger partial charge in [-0.25, -0.2) is 0 Å². The number of carbonyl (C=O) groups is 1. The van der Waals surface area contributed by atoms with E-state index in [1.165, 1.54) is 5.39 Å². The molecule has 3 heteroatoms. The number of hydrogen-bond acceptors (Lipinski definition) is 2. The van der Waals surface area contributed by atoms with Gasteiger partial charge >= 0.3 is 5.97 Å². The van der Waals surface area contributed by atoms with Gasteiger partial charge in [0.1, 0.15) is 5.60 Å². The number of aromatic nitrogens is 1. The number of nitrogens with zero attached hydrogens (tertiary/aromatic N) is 1. The van der Waals surface area contributed by atoms with E-state index in [0.717, 1.165) is 34.1 Å². The maximum Gasteiger partial charge on any atom is 0.313 e. The maximum atomic E-state index is 13.2. The zero-order chi connectivity index (χ0) is 23.1. The monoisotopic (exact) mass is 427 g/mol. The van der Waals surface area contributed by atoms with Gasteiger partial charge in [-0.15, -0.1) is 0 Å². The van der Waals surface area contributed by atoms with Crippen molar-refractivity contribution in [3.8, 4) is 5.69 Å². The fourth-order valence-electron chi connectivity index (χ4n) is 4.39. The Morgan fingerprint density at radius 3 is 2.09 bits per heavy atom. The Hall–Kier alpha value is -3.07. The van der Waals surface area contributed by atoms with Crippen molar-refractivity contribution in [3.63, 3.8) is 0 Å². The molecule has 0 bridgehead atoms. The van der Waals surface area contributed by atoms with Gasteiger partial charge in [-0.1, -0.05) is 63.2 Å². The van der Waals surface area contributed by atoms with E-state index in [0.29, 0.717) is 0 Å². The third-order valence-electron chi connectivity index (χ3n) is 5.62. The van der Waals surface area contributed by atoms with E-state index in [1.54, 1.807) is 0 Å². The van der Waals surface area contributed by atoms with Crippen LogP contribution < -0.4 is 0 Å². The molecule has 0 aliphatic rings. The minimum atomic E-state index is -0.513. The van der Waals surface area contributed by atoms with E-state index < -0.39 is 5.60 Å². The smallest absolute Gasteiger partial charge is 0.313 e. The molecule has 0 saturated heterocycles. The van der Waals surface area contributed by atoms with Crippen LogP contribution in [0.1, 0.15) is 59.4 Å². The van der Waals surface area contributed by atoms with Crippen LogP contribution in [0.5, 0.6) is 0 Å². The topological polar surface area (TPSA) is 31.2 Å². The van der Waals surface area contributed by atoms with Crippen molar-refractivity contribution >= 4 is 27.8 Å². The Morgan fingerprint density at radius 2 is 1.44 bits per heavy atom. The van der Waals surface area contributed by atoms with Crippen molar-refractivity contribution in [1.82, 2.24) is 4.57 Å². The zero-order valence-electron chi connectivity index (χ0n) is 20.0. The van der Waals surface area contributed by atoms with E-state index in [2.05, 4.69) is 92.1 Å². The number of benzene rings is 3. The van der Waals surface area contributed by atoms with E-state index >= 15 is 0 Å². The van der Waals surface area contributed by atoms with Gasteiger partial charge < -0.3 is 9.30 Å². The van der Waals surface area contributed by atoms with Gasteiger partial charge in [0.25, 0.3) is 0 Å². The van der Waals surface area contributed by atoms with Crippen LogP contribution in [0.4, 0.5) is 0 Å². The van der Waals surface area contributed by atoms with Gasteiger partial charge in [0, 0.05) is 16.5 Å². The molecule has 4 aromatic rings. The number of carbonyl (C=O) groups excluding carboxylic acids is 1. The Labute approximate surface area is 191 Å². The summed E-state index contributed by atoms with van der Waals surface area (Å²) in [4.78, 5) is 13.2. The Bertz CT molecular complexity index is 1250. The standard InChI is InChI=1S/C29H33NO2/c1-28(2,3)19-24(27(31)32-29(4,5)6)20-16-17-26-23(18-20)22-14-10-11-15-25(22)30(26)21-12-8-7-9-13-21/h7-18,24H,19H2,1-6H3/t24-/m1/s1. The number of hydrogen-bond donors (Lipinski definition) is 0. The minimum absolute atomic E-state index is 0.00539. The molecule has 0 fully saturated rings. The molecule has 0 radical (unpaired) electrons. The van der Waals surface area contributed by atoms with Crippen LogP contribution in [0.15, 0.2) is 72.8 Å². The van der Waals surface area contributed by atoms with Gasteiger partial charge in [-0.2, -0.15) is 0 Å². The first kappa shape index (κ1) is 22.1. The van der Waals surface area contributed by atoms with E-state index in [9.17, 15) is 4.79 Å². The van der Waals surface area contributed by atoms with Gasteiger partial charge in [0.15, 0.2) is 0 Å². The van der Waals surface area contributed by atoms with Crippen LogP contribution in [-0.4, -0.2) is 16.1 Å². The zero-order valence-corrected chi connectivity index (χ0v) is 20.0. The van der Waals surface area contributed by atoms with E-state index in [4.69, 9.17) is 4.74 Å². The molecule has 3 aromatic carbocycles. The van der Waals surface area contributed by atoms with Crippen LogP contribution in [-0.2, 0) is 9.53 Å². The first-order chi connectivity index (χ1) is 15.0. The van der Waals surface area contributed by atoms with Gasteiger partial charge in [0.2, 0.25) is 0 Å². The highest BCUT2D eigenvalue weighted by atomic mass is 16.6. The van der Waals surface area contributed by atoms with Gasteiger partial charge in [-0.05, 0) is 68.5 Å². The predicted octanol–water partition coefficient (Wildman–Crippen LogP) is 7.65. The van der Waals surface area contributed by atoms with Crippen LogP contribution in [0.25, 0.3) is 27.5 Å². The second-order valence-electron chi connectivity index (χ2n) is 10.8. The second-order valence-corrected chi connectivity index (χ2v) is 10.8. The number of rotatable bonds is 4. The summed E-state index contributed by atoms with van der Waals surface area (Å²) >= 11 is 0. The van der Waals surface area contributed by atoms with Crippen molar-refractivity contribution in [2.45, 2.75) is 59.5 Å². The SMILES string of the molecule is CC(C)(C)C[C@@H](C(=O)OC(C)(C)C)c1ccc2c(c1)c1ccccc1n2-c1ccccc1. The second kappa shape index (κ2) is 8.12. The maximum absolute atomic E-state index is 13.2. The highest BCUT2D eigenvalue weighted by Gasteiger charge is 2.31. The molecule has 166 valence electrons. The molecule has 32 heavy (non-hydrogen) atoms. The average molecular weight is 428 g/mol. The molecule has 0 aliphatic heterocycles. The van der Waals surface area contributed by atoms with Crippen LogP contribution in [0, 0.1) is 5.41 Å². The molecule has 1 atom stereocenters. The average Bonchev–Trinajstić information content (AvgIpc) is 3.04. The number of ether oxygens (including phenoxy) is 1. The summed E-state index contributed by atoms with van der Waals surface area (Å²) in [6.45, 7) is 12.3. The molecule has 0 N–H and O–H groups in total. The summed E-state index contributed by atoms with van der Waals surface area (Å²) in [5.74, 6) is -0.462. The first-order valence-corrected chi connectivity index (χ1v) is 11.3. The highest BCUT2D eigenvalue weighted by Crippen LogP contribution is 2.38. The summed E-state index contributed by atoms with van der Waals surface area (Å²) in [6.07, 6.45) is 0.727. The van der Waals surface area contributed by atoms with Crippen molar-refractivity contribution in [3.05, 3.63) is 78.4 Å². The van der Waals surface area contributed by atoms with E-state index in [1.807, 2.05) is 26.8 Å². The molecule has 3 nitrogen and oxygen atoms in total. The quantitative estimate of drug-likeness (QED) is 0.313. The fraction of sp³-hybridized carbons (Fsp3) is 0.345. The highest BCUT2D eigenvalue weighted by molar-refractivity contribution is 6.09. The van der Waals surface area contributed by atoms with Crippen LogP contribution in [0.3, 0.4) is 0 Å². The molecule has 4 rings (SSSR count). The molecule has 0 amide bonds. The van der Waals surface area contributed by atoms with Gasteiger partial charge in [0.05, 0.1) is 17.0 Å². The molecule has 0 aliphatic carbocycles. The number of para-hydroxylation sites is 2. The molecular formula is C29H33NO2. The van der Waals surface area contributed by atoms with Crippen molar-refractivity contribution in [2.24, 2.45) is 5.41 Å². The lowest BCUT2D eigenvalue weighted by Crippen LogP contribution is -2.29. The van der Waals surface area contributed by atoms with Crippen LogP contribution >= 0.6 is 0 Å². The van der Waals surface area contributed by atoms with Crippen LogP contribution in [0.2, 0.25) is 0 Å². The van der Waals surface area contributed by atoms with Gasteiger partial charge in [-0.3, -0.25) is 4.79 Å². The number of fused-ring (bicyclic) bond motifs is 3. The third kappa shape index (κ3) is 4.57. The molecule has 0 saturated carbocycles. The molecule has 1 aromatic heterocycles. The van der Waals surface area contributed by atoms with Crippen molar-refractivity contribution in [1.29, 1.82) is 0 Å². The molecule has 0 unspecified atom stereocenters. The molecule has 0 spiro atoms. The number of esters is 1. The summed E-state index contributed by atoms with van der Waals surface area (Å²) in [5.41, 5.74) is 3.92. The molecular weight excluding hydrogens is 394 g/mol. The largest absolute Gasteiger partial charge is 0.459 e. The third-order valence-corrected chi connectivity index (χ3v) is 5.62. The predicted molar refractivity (Wildman–Crippen MR) is 133 cm³/mol. The Kier molecular flexibility index (Phi) is 5.62. The molecule has 1 heterocycles. The minimum Gasteiger partial charge on any atom is -0.459 e. The summed E-state index contributed by atoms with van der Waals surface area (Å²) in [5, 5.41) is 2.34. The lowest BCUT2D eigenvalue weighted by Gasteiger charge is -2.28. The normalized spacial score (nSPS) is 13.4. The lowest BCUT2D eigenvalue weighted by molar-refractivity contribution is -0.157. The van der Waals surface area contributed by atoms with Crippen molar-refractivity contribution in [2.75, 3.05) is 0 Å². The summed E-state index contributed by atoms with van der Waals surface area (Å²) in [6, 6.07) is 25.3. The summed E-state index contributed by atoms with van der Waals surface area (Å²) in [7, 11) is 0. The van der Waals surface area contributed by atoms with E-state index in [-0.39, 0.29) is 17.3 Å².